The van der Waals surface area contributed by atoms with Gasteiger partial charge >= 0.3 is 0 Å². The van der Waals surface area contributed by atoms with Gasteiger partial charge in [-0.15, -0.1) is 0 Å². The Morgan fingerprint density at radius 1 is 1.14 bits per heavy atom. The molecule has 3 heteroatoms. The lowest BCUT2D eigenvalue weighted by molar-refractivity contribution is 0.104. The van der Waals surface area contributed by atoms with Crippen LogP contribution in [0.1, 0.15) is 45.6 Å². The summed E-state index contributed by atoms with van der Waals surface area (Å²) in [5.41, 5.74) is 4.19. The number of rotatable bonds is 3. The van der Waals surface area contributed by atoms with Crippen LogP contribution in [0, 0.1) is 6.92 Å². The molecule has 0 fully saturated rings. The van der Waals surface area contributed by atoms with Gasteiger partial charge in [-0.1, -0.05) is 35.9 Å². The van der Waals surface area contributed by atoms with Crippen LogP contribution in [0.4, 0.5) is 0 Å². The molecule has 1 heterocycles. The lowest BCUT2D eigenvalue weighted by Crippen LogP contribution is -2.21. The minimum Gasteiger partial charge on any atom is -0.325 e. The van der Waals surface area contributed by atoms with Crippen molar-refractivity contribution >= 4 is 11.9 Å². The van der Waals surface area contributed by atoms with Crippen molar-refractivity contribution < 1.29 is 4.79 Å². The van der Waals surface area contributed by atoms with Crippen molar-refractivity contribution in [3.63, 3.8) is 0 Å². The molecular formula is C19H19NO2. The Balaban J connectivity index is 1.86. The molecule has 0 atom stereocenters. The normalized spacial score (nSPS) is 14.0. The van der Waals surface area contributed by atoms with Gasteiger partial charge < -0.3 is 4.98 Å². The predicted molar refractivity (Wildman–Crippen MR) is 88.2 cm³/mol. The number of aromatic nitrogens is 1. The Hall–Kier alpha value is -2.42. The maximum Gasteiger partial charge on any atom is 0.259 e. The fraction of sp³-hybridized carbons (Fsp3) is 0.263. The standard InChI is InChI=1S/C19H19NO2/c1-13-6-8-14(9-7-13)10-11-18(21)16-12-15-4-2-3-5-17(15)20-19(16)22/h6-12H,2-5H2,1H3,(H,20,22)/b11-10+. The lowest BCUT2D eigenvalue weighted by atomic mass is 9.94. The number of nitrogens with one attached hydrogen (secondary N) is 1. The number of H-pyrrole nitrogens is 1. The summed E-state index contributed by atoms with van der Waals surface area (Å²) < 4.78 is 0. The monoisotopic (exact) mass is 293 g/mol. The summed E-state index contributed by atoms with van der Waals surface area (Å²) in [7, 11) is 0. The first-order chi connectivity index (χ1) is 10.6. The highest BCUT2D eigenvalue weighted by Crippen LogP contribution is 2.18. The molecule has 0 unspecified atom stereocenters. The number of benzene rings is 1. The largest absolute Gasteiger partial charge is 0.325 e. The molecule has 1 aliphatic rings. The molecule has 3 rings (SSSR count). The quantitative estimate of drug-likeness (QED) is 0.696. The average molecular weight is 293 g/mol. The van der Waals surface area contributed by atoms with Crippen LogP contribution in [0.25, 0.3) is 6.08 Å². The molecule has 112 valence electrons. The first kappa shape index (κ1) is 14.5. The van der Waals surface area contributed by atoms with Crippen molar-refractivity contribution in [2.45, 2.75) is 32.6 Å². The SMILES string of the molecule is Cc1ccc(/C=C/C(=O)c2cc3c([nH]c2=O)CCCC3)cc1. The Morgan fingerprint density at radius 2 is 1.86 bits per heavy atom. The maximum absolute atomic E-state index is 12.3. The van der Waals surface area contributed by atoms with E-state index in [0.29, 0.717) is 0 Å². The summed E-state index contributed by atoms with van der Waals surface area (Å²) in [5, 5.41) is 0. The second-order valence-corrected chi connectivity index (χ2v) is 5.83. The van der Waals surface area contributed by atoms with E-state index in [1.165, 1.54) is 11.6 Å². The average Bonchev–Trinajstić information content (AvgIpc) is 2.53. The highest BCUT2D eigenvalue weighted by Gasteiger charge is 2.15. The van der Waals surface area contributed by atoms with Crippen molar-refractivity contribution in [3.05, 3.63) is 74.7 Å². The predicted octanol–water partition coefficient (Wildman–Crippen LogP) is 3.46. The molecule has 0 aliphatic heterocycles. The van der Waals surface area contributed by atoms with Crippen molar-refractivity contribution in [2.75, 3.05) is 0 Å². The van der Waals surface area contributed by atoms with Gasteiger partial charge in [0.15, 0.2) is 5.78 Å². The summed E-state index contributed by atoms with van der Waals surface area (Å²) in [6.07, 6.45) is 7.28. The zero-order valence-electron chi connectivity index (χ0n) is 12.7. The maximum atomic E-state index is 12.3. The third-order valence-corrected chi connectivity index (χ3v) is 4.11. The second kappa shape index (κ2) is 6.14. The number of allylic oxidation sites excluding steroid dienone is 1. The molecule has 22 heavy (non-hydrogen) atoms. The van der Waals surface area contributed by atoms with Gasteiger partial charge in [-0.3, -0.25) is 9.59 Å². The molecule has 0 spiro atoms. The molecule has 1 aliphatic carbocycles. The van der Waals surface area contributed by atoms with Gasteiger partial charge in [-0.25, -0.2) is 0 Å². The van der Waals surface area contributed by atoms with E-state index >= 15 is 0 Å². The van der Waals surface area contributed by atoms with Crippen molar-refractivity contribution in [1.29, 1.82) is 0 Å². The number of fused-ring (bicyclic) bond motifs is 1. The molecule has 0 bridgehead atoms. The molecule has 3 nitrogen and oxygen atoms in total. The summed E-state index contributed by atoms with van der Waals surface area (Å²) >= 11 is 0. The highest BCUT2D eigenvalue weighted by atomic mass is 16.1. The third-order valence-electron chi connectivity index (χ3n) is 4.11. The number of aromatic amines is 1. The van der Waals surface area contributed by atoms with Crippen LogP contribution in [-0.2, 0) is 12.8 Å². The first-order valence-corrected chi connectivity index (χ1v) is 7.67. The fourth-order valence-corrected chi connectivity index (χ4v) is 2.80. The first-order valence-electron chi connectivity index (χ1n) is 7.67. The zero-order valence-corrected chi connectivity index (χ0v) is 12.7. The van der Waals surface area contributed by atoms with Crippen LogP contribution in [0.5, 0.6) is 0 Å². The number of hydrogen-bond donors (Lipinski definition) is 1. The lowest BCUT2D eigenvalue weighted by Gasteiger charge is -2.15. The molecule has 1 aromatic heterocycles. The molecule has 1 aromatic carbocycles. The molecule has 1 N–H and O–H groups in total. The van der Waals surface area contributed by atoms with Crippen molar-refractivity contribution in [3.8, 4) is 0 Å². The van der Waals surface area contributed by atoms with Gasteiger partial charge in [-0.05, 0) is 55.9 Å². The van der Waals surface area contributed by atoms with Crippen LogP contribution in [-0.4, -0.2) is 10.8 Å². The minimum absolute atomic E-state index is 0.240. The number of ketones is 1. The molecule has 2 aromatic rings. The number of hydrogen-bond acceptors (Lipinski definition) is 2. The fourth-order valence-electron chi connectivity index (χ4n) is 2.80. The van der Waals surface area contributed by atoms with Gasteiger partial charge in [0.25, 0.3) is 5.56 Å². The van der Waals surface area contributed by atoms with Gasteiger partial charge in [0.2, 0.25) is 0 Å². The van der Waals surface area contributed by atoms with Gasteiger partial charge in [-0.2, -0.15) is 0 Å². The second-order valence-electron chi connectivity index (χ2n) is 5.83. The number of aryl methyl sites for hydroxylation is 3. The van der Waals surface area contributed by atoms with Crippen LogP contribution in [0.3, 0.4) is 0 Å². The Kier molecular flexibility index (Phi) is 4.05. The van der Waals surface area contributed by atoms with E-state index in [2.05, 4.69) is 4.98 Å². The number of pyridine rings is 1. The molecule has 0 saturated heterocycles. The number of carbonyl (C=O) groups excluding carboxylic acids is 1. The van der Waals surface area contributed by atoms with Gasteiger partial charge in [0.05, 0.1) is 5.56 Å². The summed E-state index contributed by atoms with van der Waals surface area (Å²) in [4.78, 5) is 27.2. The smallest absolute Gasteiger partial charge is 0.259 e. The van der Waals surface area contributed by atoms with Crippen LogP contribution >= 0.6 is 0 Å². The summed E-state index contributed by atoms with van der Waals surface area (Å²) in [6.45, 7) is 2.02. The number of carbonyl (C=O) groups is 1. The van der Waals surface area contributed by atoms with E-state index in [0.717, 1.165) is 42.5 Å². The highest BCUT2D eigenvalue weighted by molar-refractivity contribution is 6.06. The van der Waals surface area contributed by atoms with Crippen molar-refractivity contribution in [1.82, 2.24) is 4.98 Å². The topological polar surface area (TPSA) is 49.9 Å². The molecule has 0 saturated carbocycles. The van der Waals surface area contributed by atoms with Gasteiger partial charge in [0, 0.05) is 5.69 Å². The van der Waals surface area contributed by atoms with E-state index in [1.807, 2.05) is 31.2 Å². The third kappa shape index (κ3) is 3.08. The summed E-state index contributed by atoms with van der Waals surface area (Å²) in [5.74, 6) is -0.241. The zero-order chi connectivity index (χ0) is 15.5. The Bertz CT molecular complexity index is 782. The summed E-state index contributed by atoms with van der Waals surface area (Å²) in [6, 6.07) is 9.67. The van der Waals surface area contributed by atoms with Crippen LogP contribution in [0.2, 0.25) is 0 Å². The minimum atomic E-state index is -0.279. The van der Waals surface area contributed by atoms with Crippen molar-refractivity contribution in [2.24, 2.45) is 0 Å². The van der Waals surface area contributed by atoms with E-state index in [4.69, 9.17) is 0 Å². The molecule has 0 radical (unpaired) electrons. The Labute approximate surface area is 129 Å². The van der Waals surface area contributed by atoms with E-state index in [-0.39, 0.29) is 16.9 Å². The Morgan fingerprint density at radius 3 is 2.64 bits per heavy atom. The molecular weight excluding hydrogens is 274 g/mol. The molecule has 0 amide bonds. The van der Waals surface area contributed by atoms with E-state index in [9.17, 15) is 9.59 Å². The van der Waals surface area contributed by atoms with Crippen LogP contribution in [0.15, 0.2) is 41.2 Å². The van der Waals surface area contributed by atoms with Gasteiger partial charge in [0.1, 0.15) is 0 Å². The van der Waals surface area contributed by atoms with E-state index in [1.54, 1.807) is 12.1 Å². The van der Waals surface area contributed by atoms with Crippen LogP contribution < -0.4 is 5.56 Å². The van der Waals surface area contributed by atoms with E-state index < -0.39 is 0 Å².